The van der Waals surface area contributed by atoms with E-state index in [1.165, 1.54) is 16.7 Å². The van der Waals surface area contributed by atoms with Gasteiger partial charge in [0.2, 0.25) is 0 Å². The maximum atomic E-state index is 14.0. The van der Waals surface area contributed by atoms with Gasteiger partial charge in [-0.25, -0.2) is 4.21 Å². The number of allylic oxidation sites excluding steroid dienone is 2. The summed E-state index contributed by atoms with van der Waals surface area (Å²) in [7, 11) is 2.80. The molecule has 0 amide bonds. The van der Waals surface area contributed by atoms with Crippen molar-refractivity contribution in [1.82, 2.24) is 0 Å². The summed E-state index contributed by atoms with van der Waals surface area (Å²) in [5.74, 6) is 0.187. The molecule has 0 heterocycles. The minimum Gasteiger partial charge on any atom is -0.377 e. The molecule has 0 N–H and O–H groups in total. The smallest absolute Gasteiger partial charge is 0.0838 e. The number of anilines is 1. The Labute approximate surface area is 170 Å². The first-order valence-electron chi connectivity index (χ1n) is 9.68. The van der Waals surface area contributed by atoms with Crippen molar-refractivity contribution >= 4 is 22.1 Å². The van der Waals surface area contributed by atoms with Gasteiger partial charge in [-0.1, -0.05) is 72.8 Å². The van der Waals surface area contributed by atoms with Crippen molar-refractivity contribution in [2.24, 2.45) is 0 Å². The first kappa shape index (κ1) is 18.7. The highest BCUT2D eigenvalue weighted by molar-refractivity contribution is 7.89. The topological polar surface area (TPSA) is 20.3 Å². The maximum Gasteiger partial charge on any atom is 0.0838 e. The van der Waals surface area contributed by atoms with Gasteiger partial charge in [-0.3, -0.25) is 0 Å². The largest absolute Gasteiger partial charge is 0.377 e. The molecule has 28 heavy (non-hydrogen) atoms. The predicted octanol–water partition coefficient (Wildman–Crippen LogP) is 5.85. The third-order valence-electron chi connectivity index (χ3n) is 5.37. The Kier molecular flexibility index (Phi) is 5.45. The molecule has 2 nitrogen and oxygen atoms in total. The van der Waals surface area contributed by atoms with Crippen LogP contribution in [0, 0.1) is 0 Å². The van der Waals surface area contributed by atoms with Crippen molar-refractivity contribution < 1.29 is 4.21 Å². The number of rotatable bonds is 5. The number of hydrogen-bond donors (Lipinski definition) is 0. The van der Waals surface area contributed by atoms with E-state index in [1.54, 1.807) is 0 Å². The highest BCUT2D eigenvalue weighted by atomic mass is 32.2. The third kappa shape index (κ3) is 3.55. The van der Waals surface area contributed by atoms with Crippen LogP contribution in [0.2, 0.25) is 0 Å². The van der Waals surface area contributed by atoms with Crippen molar-refractivity contribution in [3.63, 3.8) is 0 Å². The summed E-state index contributed by atoms with van der Waals surface area (Å²) in [5, 5.41) is 0. The van der Waals surface area contributed by atoms with E-state index in [9.17, 15) is 4.21 Å². The molecule has 0 aromatic heterocycles. The highest BCUT2D eigenvalue weighted by Crippen LogP contribution is 2.47. The summed E-state index contributed by atoms with van der Waals surface area (Å²) in [4.78, 5) is 3.99. The van der Waals surface area contributed by atoms with Gasteiger partial charge in [0.15, 0.2) is 0 Å². The third-order valence-corrected chi connectivity index (χ3v) is 7.04. The summed E-state index contributed by atoms with van der Waals surface area (Å²) >= 11 is 0. The number of para-hydroxylation sites is 1. The Hall–Kier alpha value is -2.65. The van der Waals surface area contributed by atoms with Gasteiger partial charge in [0.1, 0.15) is 0 Å². The summed E-state index contributed by atoms with van der Waals surface area (Å²) in [6, 6.07) is 29.0. The molecule has 3 aromatic rings. The van der Waals surface area contributed by atoms with E-state index < -0.39 is 10.8 Å². The van der Waals surface area contributed by atoms with E-state index in [1.807, 2.05) is 55.4 Å². The summed E-state index contributed by atoms with van der Waals surface area (Å²) < 4.78 is 14.0. The van der Waals surface area contributed by atoms with Crippen molar-refractivity contribution in [2.45, 2.75) is 23.7 Å². The molecule has 3 aromatic carbocycles. The second kappa shape index (κ2) is 8.15. The lowest BCUT2D eigenvalue weighted by atomic mass is 9.99. The molecular formula is C25H25NOS. The zero-order valence-electron chi connectivity index (χ0n) is 16.3. The van der Waals surface area contributed by atoms with Crippen LogP contribution in [0.4, 0.5) is 5.69 Å². The van der Waals surface area contributed by atoms with Crippen molar-refractivity contribution in [1.29, 1.82) is 0 Å². The second-order valence-corrected chi connectivity index (χ2v) is 8.76. The van der Waals surface area contributed by atoms with E-state index in [0.29, 0.717) is 0 Å². The molecule has 4 rings (SSSR count). The molecular weight excluding hydrogens is 362 g/mol. The lowest BCUT2D eigenvalue weighted by molar-refractivity contribution is 0.682. The van der Waals surface area contributed by atoms with Gasteiger partial charge in [-0.2, -0.15) is 0 Å². The van der Waals surface area contributed by atoms with Gasteiger partial charge in [-0.05, 0) is 41.7 Å². The Balaban J connectivity index is 1.88. The van der Waals surface area contributed by atoms with Crippen LogP contribution in [0.1, 0.15) is 29.9 Å². The zero-order chi connectivity index (χ0) is 19.5. The van der Waals surface area contributed by atoms with Crippen LogP contribution in [0.5, 0.6) is 0 Å². The minimum absolute atomic E-state index is 0.187. The fourth-order valence-corrected chi connectivity index (χ4v) is 5.86. The number of hydrogen-bond acceptors (Lipinski definition) is 2. The van der Waals surface area contributed by atoms with Crippen LogP contribution in [0.15, 0.2) is 94.7 Å². The quantitative estimate of drug-likeness (QED) is 0.547. The molecule has 0 bridgehead atoms. The predicted molar refractivity (Wildman–Crippen MR) is 119 cm³/mol. The maximum absolute atomic E-state index is 14.0. The van der Waals surface area contributed by atoms with Crippen LogP contribution in [-0.4, -0.2) is 18.3 Å². The molecule has 0 aliphatic heterocycles. The fraction of sp³-hybridized carbons (Fsp3) is 0.200. The molecule has 0 spiro atoms. The molecule has 1 aliphatic rings. The molecule has 0 radical (unpaired) electrons. The summed E-state index contributed by atoms with van der Waals surface area (Å²) in [6.45, 7) is 0. The van der Waals surface area contributed by atoms with Crippen molar-refractivity contribution in [3.8, 4) is 0 Å². The fourth-order valence-electron chi connectivity index (χ4n) is 4.03. The van der Waals surface area contributed by atoms with Crippen LogP contribution < -0.4 is 4.90 Å². The Bertz CT molecular complexity index is 1010. The first-order valence-corrected chi connectivity index (χ1v) is 10.8. The van der Waals surface area contributed by atoms with E-state index in [0.717, 1.165) is 28.3 Å². The SMILES string of the molecule is CN(C)c1ccccc1S(=O)C1=C(c2ccccc2)CC[C@@H]1c1ccccc1. The molecule has 3 heteroatoms. The van der Waals surface area contributed by atoms with E-state index in [-0.39, 0.29) is 5.92 Å². The van der Waals surface area contributed by atoms with Gasteiger partial charge in [-0.15, -0.1) is 0 Å². The van der Waals surface area contributed by atoms with Crippen LogP contribution in [0.25, 0.3) is 5.57 Å². The van der Waals surface area contributed by atoms with E-state index in [2.05, 4.69) is 48.5 Å². The summed E-state index contributed by atoms with van der Waals surface area (Å²) in [5.41, 5.74) is 4.69. The lowest BCUT2D eigenvalue weighted by Crippen LogP contribution is -2.13. The number of benzene rings is 3. The molecule has 1 aliphatic carbocycles. The first-order chi connectivity index (χ1) is 13.7. The summed E-state index contributed by atoms with van der Waals surface area (Å²) in [6.07, 6.45) is 1.95. The lowest BCUT2D eigenvalue weighted by Gasteiger charge is -2.21. The molecule has 0 fully saturated rings. The minimum atomic E-state index is -1.21. The highest BCUT2D eigenvalue weighted by Gasteiger charge is 2.33. The number of nitrogens with zero attached hydrogens (tertiary/aromatic N) is 1. The zero-order valence-corrected chi connectivity index (χ0v) is 17.2. The second-order valence-electron chi connectivity index (χ2n) is 7.34. The normalized spacial score (nSPS) is 17.6. The van der Waals surface area contributed by atoms with Crippen molar-refractivity contribution in [2.75, 3.05) is 19.0 Å². The average molecular weight is 388 g/mol. The average Bonchev–Trinajstić information content (AvgIpc) is 3.19. The van der Waals surface area contributed by atoms with Crippen LogP contribution in [-0.2, 0) is 10.8 Å². The van der Waals surface area contributed by atoms with E-state index in [4.69, 9.17) is 0 Å². The molecule has 2 atom stereocenters. The van der Waals surface area contributed by atoms with Crippen LogP contribution >= 0.6 is 0 Å². The Morgan fingerprint density at radius 1 is 0.821 bits per heavy atom. The standard InChI is InChI=1S/C25H25NOS/c1-26(2)23-15-9-10-16-24(23)28(27)25-21(19-11-5-3-6-12-19)17-18-22(25)20-13-7-4-8-14-20/h3-16,21H,17-18H2,1-2H3/t21-,28?/m1/s1. The monoisotopic (exact) mass is 387 g/mol. The van der Waals surface area contributed by atoms with Gasteiger partial charge in [0.25, 0.3) is 0 Å². The molecule has 142 valence electrons. The molecule has 0 saturated heterocycles. The van der Waals surface area contributed by atoms with Gasteiger partial charge >= 0.3 is 0 Å². The van der Waals surface area contributed by atoms with Gasteiger partial charge in [0.05, 0.1) is 21.4 Å². The molecule has 1 unspecified atom stereocenters. The van der Waals surface area contributed by atoms with Crippen molar-refractivity contribution in [3.05, 3.63) is 101 Å². The van der Waals surface area contributed by atoms with Gasteiger partial charge < -0.3 is 4.90 Å². The Morgan fingerprint density at radius 3 is 2.11 bits per heavy atom. The Morgan fingerprint density at radius 2 is 1.43 bits per heavy atom. The van der Waals surface area contributed by atoms with Gasteiger partial charge in [0, 0.05) is 24.9 Å². The van der Waals surface area contributed by atoms with Crippen LogP contribution in [0.3, 0.4) is 0 Å². The van der Waals surface area contributed by atoms with E-state index >= 15 is 0 Å². The molecule has 0 saturated carbocycles.